The Bertz CT molecular complexity index is 354. The Morgan fingerprint density at radius 1 is 0.917 bits per heavy atom. The van der Waals surface area contributed by atoms with Crippen LogP contribution in [0.2, 0.25) is 0 Å². The molecule has 0 amide bonds. The van der Waals surface area contributed by atoms with Gasteiger partial charge in [0.05, 0.1) is 12.1 Å². The van der Waals surface area contributed by atoms with Gasteiger partial charge in [0.2, 0.25) is 0 Å². The Balaban J connectivity index is 2.24. The van der Waals surface area contributed by atoms with E-state index in [-0.39, 0.29) is 17.7 Å². The van der Waals surface area contributed by atoms with Gasteiger partial charge in [0.25, 0.3) is 0 Å². The summed E-state index contributed by atoms with van der Waals surface area (Å²) in [6.07, 6.45) is 19.7. The van der Waals surface area contributed by atoms with Gasteiger partial charge >= 0.3 is 0 Å². The molecule has 3 heteroatoms. The predicted molar refractivity (Wildman–Crippen MR) is 101 cm³/mol. The third-order valence-electron chi connectivity index (χ3n) is 5.62. The van der Waals surface area contributed by atoms with Crippen molar-refractivity contribution in [1.29, 1.82) is 0 Å². The van der Waals surface area contributed by atoms with Crippen molar-refractivity contribution >= 4 is 0 Å². The number of hydrogen-bond acceptors (Lipinski definition) is 2. The number of hydroxylamine groups is 2. The van der Waals surface area contributed by atoms with Crippen LogP contribution in [0.5, 0.6) is 0 Å². The molecular formula is C21H40NO2. The highest BCUT2D eigenvalue weighted by molar-refractivity contribution is 5.13. The molecule has 1 heterocycles. The van der Waals surface area contributed by atoms with E-state index in [2.05, 4.69) is 6.92 Å². The minimum atomic E-state index is -0.383. The average Bonchev–Trinajstić information content (AvgIpc) is 2.79. The van der Waals surface area contributed by atoms with Crippen LogP contribution in [-0.4, -0.2) is 27.9 Å². The Kier molecular flexibility index (Phi) is 10.2. The van der Waals surface area contributed by atoms with Crippen molar-refractivity contribution in [3.63, 3.8) is 0 Å². The molecule has 1 saturated heterocycles. The molecule has 1 aliphatic heterocycles. The molecule has 141 valence electrons. The van der Waals surface area contributed by atoms with Gasteiger partial charge in [-0.2, -0.15) is 0 Å². The molecule has 1 aliphatic rings. The molecule has 0 aromatic heterocycles. The lowest BCUT2D eigenvalue weighted by molar-refractivity contribution is -0.242. The number of aliphatic hydroxyl groups excluding tert-OH is 1. The van der Waals surface area contributed by atoms with Gasteiger partial charge in [-0.1, -0.05) is 83.3 Å². The second kappa shape index (κ2) is 11.3. The van der Waals surface area contributed by atoms with Crippen LogP contribution in [0.3, 0.4) is 0 Å². The Morgan fingerprint density at radius 2 is 1.46 bits per heavy atom. The lowest BCUT2D eigenvalue weighted by atomic mass is 9.89. The molecule has 3 nitrogen and oxygen atoms in total. The summed E-state index contributed by atoms with van der Waals surface area (Å²) in [6.45, 7) is 6.35. The largest absolute Gasteiger partial charge is 0.392 e. The maximum atomic E-state index is 12.7. The Labute approximate surface area is 150 Å². The maximum absolute atomic E-state index is 12.7. The van der Waals surface area contributed by atoms with E-state index in [9.17, 15) is 5.21 Å². The molecular weight excluding hydrogens is 298 g/mol. The summed E-state index contributed by atoms with van der Waals surface area (Å²) in [5, 5.41) is 23.1. The molecule has 0 bridgehead atoms. The van der Waals surface area contributed by atoms with E-state index in [1.54, 1.807) is 6.08 Å². The molecule has 0 aliphatic carbocycles. The summed E-state index contributed by atoms with van der Waals surface area (Å²) in [5.41, 5.74) is -0.662. The molecule has 1 N–H and O–H groups in total. The minimum Gasteiger partial charge on any atom is -0.392 e. The van der Waals surface area contributed by atoms with E-state index < -0.39 is 0 Å². The fourth-order valence-electron chi connectivity index (χ4n) is 3.98. The van der Waals surface area contributed by atoms with Gasteiger partial charge < -0.3 is 5.11 Å². The summed E-state index contributed by atoms with van der Waals surface area (Å²) in [6, 6.07) is 0. The Hall–Kier alpha value is -0.380. The lowest BCUT2D eigenvalue weighted by Crippen LogP contribution is -2.47. The summed E-state index contributed by atoms with van der Waals surface area (Å²) >= 11 is 0. The highest BCUT2D eigenvalue weighted by Crippen LogP contribution is 2.43. The van der Waals surface area contributed by atoms with Crippen LogP contribution >= 0.6 is 0 Å². The van der Waals surface area contributed by atoms with Crippen molar-refractivity contribution < 1.29 is 10.3 Å². The summed E-state index contributed by atoms with van der Waals surface area (Å²) in [4.78, 5) is 0. The first-order chi connectivity index (χ1) is 11.5. The molecule has 1 unspecified atom stereocenters. The molecule has 0 saturated carbocycles. The van der Waals surface area contributed by atoms with Crippen LogP contribution in [0, 0.1) is 0 Å². The van der Waals surface area contributed by atoms with Gasteiger partial charge in [0.15, 0.2) is 0 Å². The lowest BCUT2D eigenvalue weighted by Gasteiger charge is -2.35. The molecule has 1 radical (unpaired) electrons. The number of rotatable bonds is 13. The monoisotopic (exact) mass is 338 g/mol. The fourth-order valence-corrected chi connectivity index (χ4v) is 3.98. The van der Waals surface area contributed by atoms with Crippen LogP contribution in [0.25, 0.3) is 0 Å². The normalized spacial score (nSPS) is 24.2. The Morgan fingerprint density at radius 3 is 1.92 bits per heavy atom. The number of unbranched alkanes of at least 4 members (excludes halogenated alkanes) is 9. The van der Waals surface area contributed by atoms with Crippen molar-refractivity contribution in [2.45, 2.75) is 115 Å². The van der Waals surface area contributed by atoms with Crippen molar-refractivity contribution in [2.75, 3.05) is 6.61 Å². The van der Waals surface area contributed by atoms with Crippen molar-refractivity contribution in [3.05, 3.63) is 12.2 Å². The second-order valence-corrected chi connectivity index (χ2v) is 8.23. The number of hydrogen-bond donors (Lipinski definition) is 1. The first-order valence-corrected chi connectivity index (χ1v) is 10.2. The van der Waals surface area contributed by atoms with Crippen molar-refractivity contribution in [2.24, 2.45) is 0 Å². The standard InChI is InChI=1S/C21H40NO2/c1-4-5-6-7-8-9-10-11-12-13-15-21(16-14-19-23)18-17-20(2,3)22(21)24/h14,16,23H,4-13,15,17-19H2,1-3H3/b16-14+. The van der Waals surface area contributed by atoms with E-state index in [1.165, 1.54) is 62.9 Å². The summed E-state index contributed by atoms with van der Waals surface area (Å²) in [5.74, 6) is 0. The topological polar surface area (TPSA) is 43.4 Å². The third-order valence-corrected chi connectivity index (χ3v) is 5.62. The molecule has 1 rings (SSSR count). The molecule has 1 fully saturated rings. The summed E-state index contributed by atoms with van der Waals surface area (Å²) in [7, 11) is 0. The molecule has 24 heavy (non-hydrogen) atoms. The minimum absolute atomic E-state index is 0.0219. The van der Waals surface area contributed by atoms with E-state index in [0.29, 0.717) is 0 Å². The second-order valence-electron chi connectivity index (χ2n) is 8.23. The van der Waals surface area contributed by atoms with Crippen LogP contribution in [-0.2, 0) is 5.21 Å². The zero-order valence-electron chi connectivity index (χ0n) is 16.4. The van der Waals surface area contributed by atoms with E-state index in [1.807, 2.05) is 19.9 Å². The SMILES string of the molecule is CCCCCCCCCCCCC1(/C=C/CO)CCC(C)(C)N1[O]. The highest BCUT2D eigenvalue weighted by atomic mass is 16.5. The molecule has 0 aromatic carbocycles. The third kappa shape index (κ3) is 6.85. The van der Waals surface area contributed by atoms with E-state index in [4.69, 9.17) is 5.11 Å². The molecule has 0 spiro atoms. The molecule has 0 aromatic rings. The number of nitrogens with zero attached hydrogens (tertiary/aromatic N) is 1. The number of aliphatic hydroxyl groups is 1. The predicted octanol–water partition coefficient (Wildman–Crippen LogP) is 5.80. The van der Waals surface area contributed by atoms with Crippen molar-refractivity contribution in [3.8, 4) is 0 Å². The van der Waals surface area contributed by atoms with Gasteiger partial charge in [-0.15, -0.1) is 10.3 Å². The fraction of sp³-hybridized carbons (Fsp3) is 0.905. The van der Waals surface area contributed by atoms with Gasteiger partial charge in [0.1, 0.15) is 0 Å². The van der Waals surface area contributed by atoms with E-state index in [0.717, 1.165) is 25.7 Å². The molecule has 1 atom stereocenters. The van der Waals surface area contributed by atoms with Crippen molar-refractivity contribution in [1.82, 2.24) is 5.06 Å². The van der Waals surface area contributed by atoms with Crippen LogP contribution < -0.4 is 0 Å². The van der Waals surface area contributed by atoms with Gasteiger partial charge in [-0.25, -0.2) is 0 Å². The van der Waals surface area contributed by atoms with Gasteiger partial charge in [-0.05, 0) is 33.1 Å². The van der Waals surface area contributed by atoms with Crippen LogP contribution in [0.4, 0.5) is 0 Å². The zero-order valence-corrected chi connectivity index (χ0v) is 16.4. The first-order valence-electron chi connectivity index (χ1n) is 10.2. The smallest absolute Gasteiger partial charge is 0.0680 e. The highest BCUT2D eigenvalue weighted by Gasteiger charge is 2.49. The average molecular weight is 339 g/mol. The van der Waals surface area contributed by atoms with Crippen LogP contribution in [0.1, 0.15) is 104 Å². The van der Waals surface area contributed by atoms with E-state index >= 15 is 0 Å². The first kappa shape index (κ1) is 21.7. The quantitative estimate of drug-likeness (QED) is 0.340. The zero-order chi connectivity index (χ0) is 17.9. The maximum Gasteiger partial charge on any atom is 0.0680 e. The summed E-state index contributed by atoms with van der Waals surface area (Å²) < 4.78 is 0. The van der Waals surface area contributed by atoms with Gasteiger partial charge in [-0.3, -0.25) is 0 Å². The van der Waals surface area contributed by atoms with Gasteiger partial charge in [0, 0.05) is 5.54 Å². The van der Waals surface area contributed by atoms with Crippen LogP contribution in [0.15, 0.2) is 12.2 Å².